The molecule has 2 N–H and O–H groups in total. The van der Waals surface area contributed by atoms with Crippen LogP contribution in [0.1, 0.15) is 51.2 Å². The van der Waals surface area contributed by atoms with Crippen LogP contribution in [0.2, 0.25) is 5.02 Å². The molecule has 1 spiro atoms. The summed E-state index contributed by atoms with van der Waals surface area (Å²) in [6, 6.07) is 16.4. The Morgan fingerprint density at radius 3 is 2.47 bits per heavy atom. The maximum Gasteiger partial charge on any atom is 0.237 e. The summed E-state index contributed by atoms with van der Waals surface area (Å²) in [5, 5.41) is 3.03. The molecule has 7 rings (SSSR count). The quantitative estimate of drug-likeness (QED) is 0.130. The van der Waals surface area contributed by atoms with E-state index in [1.165, 1.54) is 20.3 Å². The Bertz CT molecular complexity index is 2090. The van der Waals surface area contributed by atoms with E-state index in [1.54, 1.807) is 38.3 Å². The van der Waals surface area contributed by atoms with Gasteiger partial charge in [0.05, 0.1) is 44.3 Å². The number of carbonyl (C=O) groups is 3. The number of hydrogen-bond acceptors (Lipinski definition) is 9. The van der Waals surface area contributed by atoms with E-state index in [2.05, 4.69) is 15.3 Å². The van der Waals surface area contributed by atoms with Crippen LogP contribution in [0.15, 0.2) is 59.0 Å². The second-order valence-corrected chi connectivity index (χ2v) is 12.5. The highest BCUT2D eigenvalue weighted by molar-refractivity contribution is 6.36. The van der Waals surface area contributed by atoms with Gasteiger partial charge in [-0.25, -0.2) is 4.98 Å². The molecule has 0 saturated heterocycles. The van der Waals surface area contributed by atoms with Gasteiger partial charge in [0.1, 0.15) is 45.2 Å². The number of hydrogen-bond donors (Lipinski definition) is 2. The highest BCUT2D eigenvalue weighted by Gasteiger charge is 2.63. The number of rotatable bonds is 10. The number of aromatic nitrogens is 2. The summed E-state index contributed by atoms with van der Waals surface area (Å²) >= 11 is 6.62. The topological polar surface area (TPSA) is 142 Å². The van der Waals surface area contributed by atoms with Crippen molar-refractivity contribution in [2.75, 3.05) is 27.9 Å². The average Bonchev–Trinajstić information content (AvgIpc) is 3.78. The lowest BCUT2D eigenvalue weighted by Crippen LogP contribution is -2.56. The van der Waals surface area contributed by atoms with E-state index in [1.807, 2.05) is 24.3 Å². The number of methoxy groups -OCH3 is 3. The number of furan rings is 1. The first-order valence-corrected chi connectivity index (χ1v) is 16.3. The van der Waals surface area contributed by atoms with E-state index in [0.717, 1.165) is 16.9 Å². The molecule has 2 atom stereocenters. The summed E-state index contributed by atoms with van der Waals surface area (Å²) in [5.74, 6) is 0.532. The predicted molar refractivity (Wildman–Crippen MR) is 181 cm³/mol. The van der Waals surface area contributed by atoms with Gasteiger partial charge in [-0.15, -0.1) is 0 Å². The Morgan fingerprint density at radius 1 is 1.02 bits per heavy atom. The Morgan fingerprint density at radius 2 is 1.76 bits per heavy atom. The van der Waals surface area contributed by atoms with E-state index in [4.69, 9.17) is 35.0 Å². The number of para-hydroxylation sites is 2. The number of fused-ring (bicyclic) bond motifs is 3. The second kappa shape index (κ2) is 12.6. The fourth-order valence-corrected chi connectivity index (χ4v) is 7.07. The molecule has 3 aromatic carbocycles. The van der Waals surface area contributed by atoms with Crippen molar-refractivity contribution in [3.8, 4) is 34.3 Å². The maximum absolute atomic E-state index is 14.8. The van der Waals surface area contributed by atoms with Crippen molar-refractivity contribution in [1.82, 2.24) is 15.3 Å². The fourth-order valence-electron chi connectivity index (χ4n) is 6.81. The molecule has 5 aromatic rings. The summed E-state index contributed by atoms with van der Waals surface area (Å²) in [5.41, 5.74) is 1.15. The monoisotopic (exact) mass is 683 g/mol. The lowest BCUT2D eigenvalue weighted by atomic mass is 9.70. The number of ether oxygens (including phenoxy) is 4. The minimum absolute atomic E-state index is 0.0223. The van der Waals surface area contributed by atoms with Crippen molar-refractivity contribution in [2.45, 2.75) is 38.2 Å². The summed E-state index contributed by atoms with van der Waals surface area (Å²) in [6.45, 7) is 2.14. The number of nitrogens with one attached hydrogen (secondary N) is 2. The molecule has 3 heterocycles. The van der Waals surface area contributed by atoms with Crippen LogP contribution < -0.4 is 24.3 Å². The molecular formula is C37H34ClN3O8. The predicted octanol–water partition coefficient (Wildman–Crippen LogP) is 6.18. The van der Waals surface area contributed by atoms with Gasteiger partial charge in [-0.05, 0) is 42.8 Å². The van der Waals surface area contributed by atoms with E-state index >= 15 is 0 Å². The maximum atomic E-state index is 14.8. The number of aryl methyl sites for hydroxylation is 1. The van der Waals surface area contributed by atoms with E-state index < -0.39 is 23.1 Å². The Balaban J connectivity index is 1.20. The van der Waals surface area contributed by atoms with Gasteiger partial charge in [0.25, 0.3) is 0 Å². The van der Waals surface area contributed by atoms with Crippen molar-refractivity contribution in [3.63, 3.8) is 0 Å². The second-order valence-electron chi connectivity index (χ2n) is 12.2. The number of ketones is 2. The number of aromatic amines is 1. The average molecular weight is 684 g/mol. The highest BCUT2D eigenvalue weighted by atomic mass is 35.5. The molecule has 1 aliphatic carbocycles. The van der Waals surface area contributed by atoms with Crippen molar-refractivity contribution < 1.29 is 37.7 Å². The molecule has 0 unspecified atom stereocenters. The van der Waals surface area contributed by atoms with Crippen LogP contribution in [0.25, 0.3) is 22.4 Å². The summed E-state index contributed by atoms with van der Waals surface area (Å²) in [6.07, 6.45) is 1.32. The van der Waals surface area contributed by atoms with Gasteiger partial charge in [-0.1, -0.05) is 30.7 Å². The van der Waals surface area contributed by atoms with Crippen LogP contribution in [-0.2, 0) is 24.1 Å². The van der Waals surface area contributed by atoms with Gasteiger partial charge >= 0.3 is 0 Å². The first-order chi connectivity index (χ1) is 23.7. The third-order valence-corrected chi connectivity index (χ3v) is 9.65. The molecule has 49 heavy (non-hydrogen) atoms. The summed E-state index contributed by atoms with van der Waals surface area (Å²) in [4.78, 5) is 50.5. The summed E-state index contributed by atoms with van der Waals surface area (Å²) < 4.78 is 28.9. The van der Waals surface area contributed by atoms with Crippen molar-refractivity contribution >= 4 is 40.1 Å². The standard InChI is InChI=1S/C37H34ClN3O8/c1-19-16-26-30(35(43)37(19)36(44)31-25(46-3)18-27(47-4)32(38)34(31)49-37)22(33(48-26)20-11-13-21(45-2)14-12-20)17-29(42)39-15-7-10-28-40-23-8-5-6-9-24(23)41-28/h5-6,8-9,11-14,18-19H,7,10,15-17H2,1-4H3,(H,39,42)(H,40,41)/t19-,37+/m1/s1. The van der Waals surface area contributed by atoms with E-state index in [-0.39, 0.29) is 52.1 Å². The first kappa shape index (κ1) is 32.3. The number of imidazole rings is 1. The zero-order valence-corrected chi connectivity index (χ0v) is 28.2. The number of benzene rings is 3. The summed E-state index contributed by atoms with van der Waals surface area (Å²) in [7, 11) is 4.41. The van der Waals surface area contributed by atoms with Crippen LogP contribution in [0, 0.1) is 5.92 Å². The van der Waals surface area contributed by atoms with Crippen LogP contribution in [0.3, 0.4) is 0 Å². The molecule has 252 valence electrons. The van der Waals surface area contributed by atoms with Gasteiger partial charge < -0.3 is 33.7 Å². The van der Waals surface area contributed by atoms with Crippen LogP contribution >= 0.6 is 11.6 Å². The van der Waals surface area contributed by atoms with Crippen molar-refractivity contribution in [2.24, 2.45) is 5.92 Å². The van der Waals surface area contributed by atoms with Gasteiger partial charge in [0.15, 0.2) is 5.75 Å². The van der Waals surface area contributed by atoms with Crippen LogP contribution in [0.4, 0.5) is 0 Å². The number of carbonyl (C=O) groups excluding carboxylic acids is 3. The number of halogens is 1. The van der Waals surface area contributed by atoms with Crippen LogP contribution in [-0.4, -0.2) is 60.9 Å². The minimum Gasteiger partial charge on any atom is -0.497 e. The Labute approximate surface area is 286 Å². The number of H-pyrrole nitrogens is 1. The lowest BCUT2D eigenvalue weighted by molar-refractivity contribution is -0.120. The zero-order valence-electron chi connectivity index (χ0n) is 27.4. The highest BCUT2D eigenvalue weighted by Crippen LogP contribution is 2.54. The SMILES string of the molecule is COc1ccc(-c2oc3c(c2CC(=O)NCCCc2nc4ccccc4[nH]2)C(=O)[C@@]2(Oc4c(Cl)c(OC)cc(OC)c4C2=O)[C@H](C)C3)cc1. The lowest BCUT2D eigenvalue weighted by Gasteiger charge is -2.35. The molecule has 0 saturated carbocycles. The van der Waals surface area contributed by atoms with E-state index in [9.17, 15) is 14.4 Å². The van der Waals surface area contributed by atoms with Gasteiger partial charge in [0.2, 0.25) is 23.1 Å². The molecule has 2 aromatic heterocycles. The normalized spacial score (nSPS) is 17.9. The molecule has 1 aliphatic heterocycles. The molecule has 12 heteroatoms. The van der Waals surface area contributed by atoms with E-state index in [0.29, 0.717) is 47.8 Å². The largest absolute Gasteiger partial charge is 0.497 e. The number of nitrogens with zero attached hydrogens (tertiary/aromatic N) is 1. The first-order valence-electron chi connectivity index (χ1n) is 15.9. The van der Waals surface area contributed by atoms with Crippen molar-refractivity contribution in [1.29, 1.82) is 0 Å². The third-order valence-electron chi connectivity index (χ3n) is 9.29. The Hall–Kier alpha value is -5.29. The minimum atomic E-state index is -1.95. The number of Topliss-reactive ketones (excluding diaryl/α,β-unsaturated/α-hetero) is 2. The molecular weight excluding hydrogens is 650 g/mol. The number of amides is 1. The zero-order chi connectivity index (χ0) is 34.4. The third kappa shape index (κ3) is 5.29. The Kier molecular flexibility index (Phi) is 8.32. The molecule has 2 aliphatic rings. The molecule has 0 radical (unpaired) electrons. The smallest absolute Gasteiger partial charge is 0.237 e. The molecule has 1 amide bonds. The van der Waals surface area contributed by atoms with Gasteiger partial charge in [-0.2, -0.15) is 0 Å². The van der Waals surface area contributed by atoms with Crippen molar-refractivity contribution in [3.05, 3.63) is 87.9 Å². The molecule has 0 fully saturated rings. The van der Waals surface area contributed by atoms with Crippen LogP contribution in [0.5, 0.6) is 23.0 Å². The fraction of sp³-hybridized carbons (Fsp3) is 0.297. The van der Waals surface area contributed by atoms with Gasteiger partial charge in [-0.3, -0.25) is 14.4 Å². The molecule has 0 bridgehead atoms. The molecule has 11 nitrogen and oxygen atoms in total. The van der Waals surface area contributed by atoms with Gasteiger partial charge in [0, 0.05) is 42.5 Å².